The summed E-state index contributed by atoms with van der Waals surface area (Å²) in [6.07, 6.45) is 0.999. The summed E-state index contributed by atoms with van der Waals surface area (Å²) in [5, 5.41) is 0.453. The molecule has 1 unspecified atom stereocenters. The highest BCUT2D eigenvalue weighted by atomic mass is 35.5. The number of methoxy groups -OCH3 is 1. The van der Waals surface area contributed by atoms with Crippen LogP contribution in [0, 0.1) is 0 Å². The molecule has 0 aliphatic rings. The second-order valence-electron chi connectivity index (χ2n) is 4.99. The van der Waals surface area contributed by atoms with Crippen molar-refractivity contribution in [3.05, 3.63) is 58.6 Å². The van der Waals surface area contributed by atoms with Gasteiger partial charge in [0.15, 0.2) is 6.10 Å². The average Bonchev–Trinajstić information content (AvgIpc) is 2.60. The number of carbonyl (C=O) groups is 2. The first-order valence-corrected chi connectivity index (χ1v) is 8.79. The lowest BCUT2D eigenvalue weighted by Crippen LogP contribution is -2.24. The van der Waals surface area contributed by atoms with Gasteiger partial charge in [-0.05, 0) is 43.5 Å². The third-order valence-corrected chi connectivity index (χ3v) is 4.35. The lowest BCUT2D eigenvalue weighted by molar-refractivity contribution is 0.0316. The fourth-order valence-corrected chi connectivity index (χ4v) is 2.74. The average molecular weight is 365 g/mol. The van der Waals surface area contributed by atoms with Crippen LogP contribution in [0.1, 0.15) is 27.6 Å². The molecule has 0 saturated heterocycles. The standard InChI is InChI=1S/C18H17ClO4S/c1-11(17(20)12-5-4-6-13(19)9-12)23-18(21)15-8-7-14(24-3)10-16(15)22-2/h4-11H,1-3H3. The molecule has 0 saturated carbocycles. The molecule has 0 aliphatic carbocycles. The largest absolute Gasteiger partial charge is 0.496 e. The van der Waals surface area contributed by atoms with Crippen LogP contribution in [0.3, 0.4) is 0 Å². The number of Topliss-reactive ketones (excluding diaryl/α,β-unsaturated/α-hetero) is 1. The quantitative estimate of drug-likeness (QED) is 0.429. The summed E-state index contributed by atoms with van der Waals surface area (Å²) in [6, 6.07) is 11.7. The SMILES string of the molecule is COc1cc(SC)ccc1C(=O)OC(C)C(=O)c1cccc(Cl)c1. The molecule has 2 aromatic carbocycles. The van der Waals surface area contributed by atoms with Crippen molar-refractivity contribution in [3.8, 4) is 5.75 Å². The summed E-state index contributed by atoms with van der Waals surface area (Å²) in [7, 11) is 1.48. The first-order valence-electron chi connectivity index (χ1n) is 7.19. The van der Waals surface area contributed by atoms with E-state index in [2.05, 4.69) is 0 Å². The van der Waals surface area contributed by atoms with E-state index < -0.39 is 12.1 Å². The van der Waals surface area contributed by atoms with E-state index in [1.165, 1.54) is 25.8 Å². The van der Waals surface area contributed by atoms with Crippen LogP contribution in [0.25, 0.3) is 0 Å². The van der Waals surface area contributed by atoms with Gasteiger partial charge in [0.1, 0.15) is 11.3 Å². The van der Waals surface area contributed by atoms with Crippen LogP contribution >= 0.6 is 23.4 Å². The lowest BCUT2D eigenvalue weighted by Gasteiger charge is -2.14. The highest BCUT2D eigenvalue weighted by Crippen LogP contribution is 2.26. The van der Waals surface area contributed by atoms with Crippen molar-refractivity contribution in [2.45, 2.75) is 17.9 Å². The van der Waals surface area contributed by atoms with Gasteiger partial charge in [0.2, 0.25) is 5.78 Å². The third kappa shape index (κ3) is 4.30. The van der Waals surface area contributed by atoms with Crippen molar-refractivity contribution in [1.29, 1.82) is 0 Å². The van der Waals surface area contributed by atoms with Gasteiger partial charge in [0, 0.05) is 15.5 Å². The molecular weight excluding hydrogens is 348 g/mol. The van der Waals surface area contributed by atoms with Gasteiger partial charge in [-0.3, -0.25) is 4.79 Å². The number of ether oxygens (including phenoxy) is 2. The number of carbonyl (C=O) groups excluding carboxylic acids is 2. The summed E-state index contributed by atoms with van der Waals surface area (Å²) in [5.74, 6) is -0.512. The highest BCUT2D eigenvalue weighted by molar-refractivity contribution is 7.98. The molecule has 0 aromatic heterocycles. The zero-order valence-electron chi connectivity index (χ0n) is 13.5. The van der Waals surface area contributed by atoms with Gasteiger partial charge in [-0.1, -0.05) is 23.7 Å². The monoisotopic (exact) mass is 364 g/mol. The van der Waals surface area contributed by atoms with Crippen molar-refractivity contribution < 1.29 is 19.1 Å². The van der Waals surface area contributed by atoms with E-state index in [0.717, 1.165) is 4.90 Å². The van der Waals surface area contributed by atoms with Crippen LogP contribution in [-0.4, -0.2) is 31.2 Å². The molecule has 126 valence electrons. The topological polar surface area (TPSA) is 52.6 Å². The van der Waals surface area contributed by atoms with Crippen LogP contribution in [0.2, 0.25) is 5.02 Å². The van der Waals surface area contributed by atoms with E-state index in [0.29, 0.717) is 16.3 Å². The molecule has 4 nitrogen and oxygen atoms in total. The summed E-state index contributed by atoms with van der Waals surface area (Å²) in [5.41, 5.74) is 0.675. The molecule has 2 rings (SSSR count). The smallest absolute Gasteiger partial charge is 0.342 e. The van der Waals surface area contributed by atoms with Gasteiger partial charge in [-0.15, -0.1) is 11.8 Å². The maximum Gasteiger partial charge on any atom is 0.342 e. The Kier molecular flexibility index (Phi) is 6.29. The zero-order valence-corrected chi connectivity index (χ0v) is 15.1. The number of rotatable bonds is 6. The molecule has 0 aliphatic heterocycles. The van der Waals surface area contributed by atoms with Gasteiger partial charge in [0.05, 0.1) is 7.11 Å². The second kappa shape index (κ2) is 8.22. The molecule has 0 fully saturated rings. The van der Waals surface area contributed by atoms with Gasteiger partial charge in [-0.25, -0.2) is 4.79 Å². The van der Waals surface area contributed by atoms with E-state index in [-0.39, 0.29) is 11.3 Å². The van der Waals surface area contributed by atoms with E-state index in [9.17, 15) is 9.59 Å². The van der Waals surface area contributed by atoms with Gasteiger partial charge < -0.3 is 9.47 Å². The van der Waals surface area contributed by atoms with E-state index in [1.807, 2.05) is 6.26 Å². The highest BCUT2D eigenvalue weighted by Gasteiger charge is 2.22. The van der Waals surface area contributed by atoms with Crippen LogP contribution in [0.15, 0.2) is 47.4 Å². The first kappa shape index (κ1) is 18.4. The molecule has 0 amide bonds. The Hall–Kier alpha value is -1.98. The molecular formula is C18H17ClO4S. The molecule has 0 N–H and O–H groups in total. The summed E-state index contributed by atoms with van der Waals surface area (Å²) in [4.78, 5) is 25.7. The first-order chi connectivity index (χ1) is 11.5. The number of hydrogen-bond acceptors (Lipinski definition) is 5. The Morgan fingerprint density at radius 2 is 1.92 bits per heavy atom. The molecule has 6 heteroatoms. The minimum absolute atomic E-state index is 0.279. The summed E-state index contributed by atoms with van der Waals surface area (Å²) < 4.78 is 10.5. The van der Waals surface area contributed by atoms with Crippen LogP contribution < -0.4 is 4.74 Å². The van der Waals surface area contributed by atoms with Crippen molar-refractivity contribution in [1.82, 2.24) is 0 Å². The minimum Gasteiger partial charge on any atom is -0.496 e. The number of benzene rings is 2. The van der Waals surface area contributed by atoms with Crippen molar-refractivity contribution in [3.63, 3.8) is 0 Å². The van der Waals surface area contributed by atoms with Crippen molar-refractivity contribution in [2.24, 2.45) is 0 Å². The number of ketones is 1. The number of hydrogen-bond donors (Lipinski definition) is 0. The van der Waals surface area contributed by atoms with Crippen molar-refractivity contribution in [2.75, 3.05) is 13.4 Å². The predicted molar refractivity (Wildman–Crippen MR) is 95.4 cm³/mol. The van der Waals surface area contributed by atoms with E-state index in [1.54, 1.807) is 42.5 Å². The van der Waals surface area contributed by atoms with E-state index >= 15 is 0 Å². The fraction of sp³-hybridized carbons (Fsp3) is 0.222. The Morgan fingerprint density at radius 3 is 2.54 bits per heavy atom. The summed E-state index contributed by atoms with van der Waals surface area (Å²) >= 11 is 7.42. The maximum absolute atomic E-state index is 12.3. The van der Waals surface area contributed by atoms with Crippen LogP contribution in [0.4, 0.5) is 0 Å². The Morgan fingerprint density at radius 1 is 1.17 bits per heavy atom. The van der Waals surface area contributed by atoms with E-state index in [4.69, 9.17) is 21.1 Å². The van der Waals surface area contributed by atoms with Crippen LogP contribution in [-0.2, 0) is 4.74 Å². The Labute approximate surface area is 150 Å². The number of esters is 1. The van der Waals surface area contributed by atoms with Gasteiger partial charge in [0.25, 0.3) is 0 Å². The summed E-state index contributed by atoms with van der Waals surface area (Å²) in [6.45, 7) is 1.53. The van der Waals surface area contributed by atoms with Crippen LogP contribution in [0.5, 0.6) is 5.75 Å². The zero-order chi connectivity index (χ0) is 17.7. The van der Waals surface area contributed by atoms with Gasteiger partial charge in [-0.2, -0.15) is 0 Å². The second-order valence-corrected chi connectivity index (χ2v) is 6.30. The Bertz CT molecular complexity index is 760. The molecule has 24 heavy (non-hydrogen) atoms. The maximum atomic E-state index is 12.3. The lowest BCUT2D eigenvalue weighted by atomic mass is 10.1. The minimum atomic E-state index is -0.930. The molecule has 0 spiro atoms. The fourth-order valence-electron chi connectivity index (χ4n) is 2.12. The molecule has 0 radical (unpaired) electrons. The predicted octanol–water partition coefficient (Wildman–Crippen LogP) is 4.50. The van der Waals surface area contributed by atoms with Crippen molar-refractivity contribution >= 4 is 35.1 Å². The Balaban J connectivity index is 2.15. The molecule has 1 atom stereocenters. The third-order valence-electron chi connectivity index (χ3n) is 3.39. The molecule has 2 aromatic rings. The molecule has 0 bridgehead atoms. The normalized spacial score (nSPS) is 11.7. The molecule has 0 heterocycles. The number of thioether (sulfide) groups is 1. The van der Waals surface area contributed by atoms with Gasteiger partial charge >= 0.3 is 5.97 Å². The number of halogens is 1.